The number of ether oxygens (including phenoxy) is 2. The third kappa shape index (κ3) is 3.76. The Morgan fingerprint density at radius 1 is 1.07 bits per heavy atom. The highest BCUT2D eigenvalue weighted by Crippen LogP contribution is 2.39. The van der Waals surface area contributed by atoms with Crippen molar-refractivity contribution >= 4 is 32.6 Å². The third-order valence-electron chi connectivity index (χ3n) is 5.15. The van der Waals surface area contributed by atoms with Crippen LogP contribution < -0.4 is 4.74 Å². The summed E-state index contributed by atoms with van der Waals surface area (Å²) in [7, 11) is 1.65. The van der Waals surface area contributed by atoms with Gasteiger partial charge in [0, 0.05) is 12.7 Å². The molecule has 1 atom stereocenters. The largest absolute Gasteiger partial charge is 0.488 e. The minimum Gasteiger partial charge on any atom is -0.488 e. The van der Waals surface area contributed by atoms with E-state index in [1.165, 1.54) is 0 Å². The maximum Gasteiger partial charge on any atom is 0.126 e. The van der Waals surface area contributed by atoms with E-state index < -0.39 is 0 Å². The zero-order valence-electron chi connectivity index (χ0n) is 17.8. The maximum absolute atomic E-state index is 9.35. The summed E-state index contributed by atoms with van der Waals surface area (Å²) in [5.41, 5.74) is 7.65. The minimum absolute atomic E-state index is 0.0243. The second-order valence-corrected chi connectivity index (χ2v) is 8.61. The molecule has 0 aliphatic heterocycles. The molecule has 0 fully saturated rings. The number of aromatic nitrogens is 3. The van der Waals surface area contributed by atoms with Gasteiger partial charge in [0.25, 0.3) is 0 Å². The van der Waals surface area contributed by atoms with Crippen LogP contribution in [0.4, 0.5) is 0 Å². The van der Waals surface area contributed by atoms with Gasteiger partial charge in [-0.15, -0.1) is 11.3 Å². The van der Waals surface area contributed by atoms with Crippen LogP contribution in [0, 0.1) is 20.8 Å². The fourth-order valence-electron chi connectivity index (χ4n) is 3.46. The molecule has 0 spiro atoms. The average molecular weight is 424 g/mol. The number of aryl methyl sites for hydroxylation is 2. The number of hydrogen-bond donors (Lipinski definition) is 1. The van der Waals surface area contributed by atoms with Crippen LogP contribution in [-0.2, 0) is 11.3 Å². The lowest BCUT2D eigenvalue weighted by atomic mass is 10.1. The maximum atomic E-state index is 9.35. The molecule has 0 saturated carbocycles. The number of thiazole rings is 1. The predicted molar refractivity (Wildman–Crippen MR) is 120 cm³/mol. The predicted octanol–water partition coefficient (Wildman–Crippen LogP) is 4.74. The average Bonchev–Trinajstić information content (AvgIpc) is 3.15. The van der Waals surface area contributed by atoms with Gasteiger partial charge in [-0.3, -0.25) is 4.98 Å². The SMILES string of the molecule is COCc1cnc2c(-c3nc4c(C)c(C)c(OC(C)CO)cc4s3)cc(C)cc2n1. The van der Waals surface area contributed by atoms with E-state index in [0.717, 1.165) is 60.0 Å². The van der Waals surface area contributed by atoms with Crippen molar-refractivity contribution in [1.29, 1.82) is 0 Å². The first kappa shape index (κ1) is 20.7. The number of nitrogens with zero attached hydrogens (tertiary/aromatic N) is 3. The second kappa shape index (κ2) is 8.26. The van der Waals surface area contributed by atoms with Crippen molar-refractivity contribution in [2.24, 2.45) is 0 Å². The molecule has 0 saturated heterocycles. The molecule has 4 aromatic rings. The Balaban J connectivity index is 1.87. The highest BCUT2D eigenvalue weighted by Gasteiger charge is 2.17. The van der Waals surface area contributed by atoms with Crippen LogP contribution in [0.1, 0.15) is 29.3 Å². The van der Waals surface area contributed by atoms with Crippen LogP contribution in [0.2, 0.25) is 0 Å². The van der Waals surface area contributed by atoms with E-state index in [9.17, 15) is 5.11 Å². The summed E-state index contributed by atoms with van der Waals surface area (Å²) in [6, 6.07) is 6.17. The summed E-state index contributed by atoms with van der Waals surface area (Å²) in [5, 5.41) is 10.3. The molecule has 4 rings (SSSR count). The van der Waals surface area contributed by atoms with Gasteiger partial charge in [-0.2, -0.15) is 0 Å². The summed E-state index contributed by atoms with van der Waals surface area (Å²) in [6.45, 7) is 8.40. The molecule has 1 unspecified atom stereocenters. The summed E-state index contributed by atoms with van der Waals surface area (Å²) >= 11 is 1.61. The van der Waals surface area contributed by atoms with Gasteiger partial charge in [0.15, 0.2) is 0 Å². The number of rotatable bonds is 6. The van der Waals surface area contributed by atoms with Crippen LogP contribution in [0.15, 0.2) is 24.4 Å². The van der Waals surface area contributed by atoms with E-state index in [0.29, 0.717) is 6.61 Å². The Hall–Kier alpha value is -2.61. The molecule has 30 heavy (non-hydrogen) atoms. The zero-order valence-corrected chi connectivity index (χ0v) is 18.6. The number of hydrogen-bond acceptors (Lipinski definition) is 7. The molecule has 0 aliphatic rings. The summed E-state index contributed by atoms with van der Waals surface area (Å²) in [6.07, 6.45) is 1.50. The number of benzene rings is 2. The molecule has 156 valence electrons. The van der Waals surface area contributed by atoms with Crippen LogP contribution >= 0.6 is 11.3 Å². The van der Waals surface area contributed by atoms with Crippen molar-refractivity contribution < 1.29 is 14.6 Å². The fourth-order valence-corrected chi connectivity index (χ4v) is 4.54. The van der Waals surface area contributed by atoms with Gasteiger partial charge in [-0.1, -0.05) is 0 Å². The van der Waals surface area contributed by atoms with Gasteiger partial charge in [0.1, 0.15) is 16.9 Å². The first-order chi connectivity index (χ1) is 14.4. The van der Waals surface area contributed by atoms with E-state index in [-0.39, 0.29) is 12.7 Å². The molecule has 2 aromatic carbocycles. The molecule has 0 aliphatic carbocycles. The third-order valence-corrected chi connectivity index (χ3v) is 6.19. The Morgan fingerprint density at radius 3 is 2.60 bits per heavy atom. The number of aliphatic hydroxyl groups excluding tert-OH is 1. The smallest absolute Gasteiger partial charge is 0.126 e. The molecule has 0 amide bonds. The molecular weight excluding hydrogens is 398 g/mol. The van der Waals surface area contributed by atoms with Crippen molar-refractivity contribution in [2.45, 2.75) is 40.4 Å². The van der Waals surface area contributed by atoms with Crippen molar-refractivity contribution in [2.75, 3.05) is 13.7 Å². The lowest BCUT2D eigenvalue weighted by Crippen LogP contribution is -2.16. The normalized spacial score (nSPS) is 12.6. The Bertz CT molecular complexity index is 1240. The monoisotopic (exact) mass is 423 g/mol. The van der Waals surface area contributed by atoms with Crippen molar-refractivity contribution in [3.63, 3.8) is 0 Å². The summed E-state index contributed by atoms with van der Waals surface area (Å²) in [4.78, 5) is 14.3. The summed E-state index contributed by atoms with van der Waals surface area (Å²) in [5.74, 6) is 0.787. The second-order valence-electron chi connectivity index (χ2n) is 7.58. The molecule has 1 N–H and O–H groups in total. The minimum atomic E-state index is -0.259. The lowest BCUT2D eigenvalue weighted by molar-refractivity contribution is 0.129. The van der Waals surface area contributed by atoms with Crippen LogP contribution in [0.5, 0.6) is 5.75 Å². The Kier molecular flexibility index (Phi) is 5.69. The molecule has 0 bridgehead atoms. The van der Waals surface area contributed by atoms with Crippen LogP contribution in [0.3, 0.4) is 0 Å². The highest BCUT2D eigenvalue weighted by atomic mass is 32.1. The topological polar surface area (TPSA) is 77.4 Å². The quantitative estimate of drug-likeness (QED) is 0.483. The van der Waals surface area contributed by atoms with Gasteiger partial charge in [-0.05, 0) is 62.6 Å². The van der Waals surface area contributed by atoms with Gasteiger partial charge in [0.2, 0.25) is 0 Å². The molecule has 7 heteroatoms. The number of aliphatic hydroxyl groups is 1. The van der Waals surface area contributed by atoms with Crippen LogP contribution in [0.25, 0.3) is 31.8 Å². The van der Waals surface area contributed by atoms with Gasteiger partial charge >= 0.3 is 0 Å². The molecule has 6 nitrogen and oxygen atoms in total. The van der Waals surface area contributed by atoms with Crippen molar-refractivity contribution in [1.82, 2.24) is 15.0 Å². The zero-order chi connectivity index (χ0) is 21.4. The lowest BCUT2D eigenvalue weighted by Gasteiger charge is -2.15. The molecule has 2 aromatic heterocycles. The van der Waals surface area contributed by atoms with Gasteiger partial charge < -0.3 is 14.6 Å². The highest BCUT2D eigenvalue weighted by molar-refractivity contribution is 7.21. The van der Waals surface area contributed by atoms with Gasteiger partial charge in [0.05, 0.1) is 46.4 Å². The molecular formula is C23H25N3O3S. The number of fused-ring (bicyclic) bond motifs is 2. The standard InChI is InChI=1S/C23H25N3O3S/c1-12-6-17(22-18(7-12)25-16(9-24-22)11-28-5)23-26-21-15(4)14(3)19(8-20(21)30-23)29-13(2)10-27/h6-9,13,27H,10-11H2,1-5H3. The van der Waals surface area contributed by atoms with E-state index in [1.807, 2.05) is 26.0 Å². The number of methoxy groups -OCH3 is 1. The van der Waals surface area contributed by atoms with E-state index in [1.54, 1.807) is 24.6 Å². The van der Waals surface area contributed by atoms with E-state index in [2.05, 4.69) is 24.9 Å². The molecule has 0 radical (unpaired) electrons. The Labute approximate surface area is 179 Å². The van der Waals surface area contributed by atoms with E-state index in [4.69, 9.17) is 19.4 Å². The van der Waals surface area contributed by atoms with E-state index >= 15 is 0 Å². The van der Waals surface area contributed by atoms with Crippen molar-refractivity contribution in [3.8, 4) is 16.3 Å². The summed E-state index contributed by atoms with van der Waals surface area (Å²) < 4.78 is 12.2. The fraction of sp³-hybridized carbons (Fsp3) is 0.348. The Morgan fingerprint density at radius 2 is 1.87 bits per heavy atom. The first-order valence-corrected chi connectivity index (χ1v) is 10.7. The van der Waals surface area contributed by atoms with Crippen molar-refractivity contribution in [3.05, 3.63) is 46.8 Å². The van der Waals surface area contributed by atoms with Crippen LogP contribution in [-0.4, -0.2) is 39.9 Å². The molecule has 2 heterocycles. The first-order valence-electron chi connectivity index (χ1n) is 9.85. The van der Waals surface area contributed by atoms with Gasteiger partial charge in [-0.25, -0.2) is 9.97 Å².